The third kappa shape index (κ3) is 4.37. The third-order valence-corrected chi connectivity index (χ3v) is 7.90. The van der Waals surface area contributed by atoms with Crippen LogP contribution < -0.4 is 4.74 Å². The van der Waals surface area contributed by atoms with E-state index < -0.39 is 16.1 Å². The van der Waals surface area contributed by atoms with Crippen LogP contribution in [0, 0.1) is 11.8 Å². The smallest absolute Gasteiger partial charge is 0.247 e. The molecule has 7 nitrogen and oxygen atoms in total. The average molecular weight is 475 g/mol. The van der Waals surface area contributed by atoms with Gasteiger partial charge in [0.15, 0.2) is 0 Å². The summed E-state index contributed by atoms with van der Waals surface area (Å²) < 4.78 is 34.6. The number of likely N-dealkylation sites (N-methyl/N-ethyl adjacent to an activating group) is 1. The van der Waals surface area contributed by atoms with E-state index in [2.05, 4.69) is 15.9 Å². The van der Waals surface area contributed by atoms with Crippen molar-refractivity contribution in [1.82, 2.24) is 9.21 Å². The summed E-state index contributed by atoms with van der Waals surface area (Å²) in [6.07, 6.45) is 1.49. The number of benzene rings is 1. The van der Waals surface area contributed by atoms with E-state index in [0.29, 0.717) is 11.0 Å². The number of halogens is 1. The Morgan fingerprint density at radius 3 is 2.71 bits per heavy atom. The van der Waals surface area contributed by atoms with Gasteiger partial charge in [0, 0.05) is 35.9 Å². The highest BCUT2D eigenvalue weighted by molar-refractivity contribution is 9.10. The first kappa shape index (κ1) is 21.5. The first-order valence-corrected chi connectivity index (χ1v) is 11.7. The fraction of sp³-hybridized carbons (Fsp3) is 0.632. The zero-order valence-electron chi connectivity index (χ0n) is 16.3. The highest BCUT2D eigenvalue weighted by Crippen LogP contribution is 2.36. The number of carbonyl (C=O) groups is 1. The summed E-state index contributed by atoms with van der Waals surface area (Å²) in [5.74, 6) is 0.306. The monoisotopic (exact) mass is 474 g/mol. The topological polar surface area (TPSA) is 87.2 Å². The van der Waals surface area contributed by atoms with Crippen LogP contribution in [-0.2, 0) is 14.8 Å². The number of aliphatic hydroxyl groups is 1. The molecule has 0 aromatic heterocycles. The number of aliphatic hydroxyl groups excluding tert-OH is 1. The van der Waals surface area contributed by atoms with E-state index in [9.17, 15) is 18.3 Å². The van der Waals surface area contributed by atoms with Crippen molar-refractivity contribution in [3.8, 4) is 5.75 Å². The lowest BCUT2D eigenvalue weighted by Gasteiger charge is -2.37. The van der Waals surface area contributed by atoms with Gasteiger partial charge in [-0.1, -0.05) is 22.9 Å². The van der Waals surface area contributed by atoms with Gasteiger partial charge in [0.05, 0.1) is 13.2 Å². The lowest BCUT2D eigenvalue weighted by molar-refractivity contribution is -0.132. The lowest BCUT2D eigenvalue weighted by atomic mass is 10.0. The Bertz CT molecular complexity index is 843. The van der Waals surface area contributed by atoms with Gasteiger partial charge in [-0.3, -0.25) is 4.79 Å². The number of amides is 1. The molecule has 156 valence electrons. The molecule has 1 saturated carbocycles. The summed E-state index contributed by atoms with van der Waals surface area (Å²) in [4.78, 5) is 14.1. The standard InChI is InChI=1S/C19H27BrN2O5S/c1-12-9-22(13(2)11-23)28(25,26)18-7-6-15(20)8-16(18)27-17(12)10-21(3)19(24)14-4-5-14/h6-8,12-14,17,23H,4-5,9-11H2,1-3H3/t12-,13+,17-/m1/s1. The van der Waals surface area contributed by atoms with Crippen LogP contribution in [0.4, 0.5) is 0 Å². The predicted molar refractivity (Wildman–Crippen MR) is 109 cm³/mol. The first-order chi connectivity index (χ1) is 13.1. The van der Waals surface area contributed by atoms with Crippen LogP contribution in [0.1, 0.15) is 26.7 Å². The molecule has 1 aromatic carbocycles. The molecule has 0 spiro atoms. The number of hydrogen-bond acceptors (Lipinski definition) is 5. The minimum atomic E-state index is -3.83. The van der Waals surface area contributed by atoms with E-state index in [4.69, 9.17) is 4.74 Å². The zero-order chi connectivity index (χ0) is 20.6. The summed E-state index contributed by atoms with van der Waals surface area (Å²) in [5.41, 5.74) is 0. The van der Waals surface area contributed by atoms with Crippen LogP contribution in [0.25, 0.3) is 0 Å². The average Bonchev–Trinajstić information content (AvgIpc) is 3.48. The molecular weight excluding hydrogens is 448 g/mol. The molecule has 1 aromatic rings. The van der Waals surface area contributed by atoms with Crippen molar-refractivity contribution in [1.29, 1.82) is 0 Å². The molecule has 9 heteroatoms. The van der Waals surface area contributed by atoms with Gasteiger partial charge in [-0.25, -0.2) is 8.42 Å². The van der Waals surface area contributed by atoms with Crippen LogP contribution in [0.5, 0.6) is 5.75 Å². The van der Waals surface area contributed by atoms with Crippen molar-refractivity contribution < 1.29 is 23.1 Å². The minimum Gasteiger partial charge on any atom is -0.487 e. The summed E-state index contributed by atoms with van der Waals surface area (Å²) in [7, 11) is -2.06. The summed E-state index contributed by atoms with van der Waals surface area (Å²) in [6, 6.07) is 4.25. The molecule has 1 fully saturated rings. The maximum absolute atomic E-state index is 13.2. The van der Waals surface area contributed by atoms with Gasteiger partial charge in [0.2, 0.25) is 15.9 Å². The van der Waals surface area contributed by atoms with Crippen molar-refractivity contribution in [3.63, 3.8) is 0 Å². The molecule has 0 radical (unpaired) electrons. The van der Waals surface area contributed by atoms with E-state index >= 15 is 0 Å². The van der Waals surface area contributed by atoms with E-state index in [0.717, 1.165) is 12.8 Å². The number of ether oxygens (including phenoxy) is 1. The Kier molecular flexibility index (Phi) is 6.38. The molecule has 0 unspecified atom stereocenters. The van der Waals surface area contributed by atoms with Gasteiger partial charge < -0.3 is 14.7 Å². The maximum atomic E-state index is 13.2. The summed E-state index contributed by atoms with van der Waals surface area (Å²) >= 11 is 3.37. The van der Waals surface area contributed by atoms with Crippen molar-refractivity contribution in [2.45, 2.75) is 43.7 Å². The molecule has 3 rings (SSSR count). The van der Waals surface area contributed by atoms with E-state index in [1.165, 1.54) is 10.4 Å². The van der Waals surface area contributed by atoms with Gasteiger partial charge in [-0.15, -0.1) is 0 Å². The molecule has 3 atom stereocenters. The molecule has 1 aliphatic carbocycles. The van der Waals surface area contributed by atoms with Gasteiger partial charge in [-0.2, -0.15) is 4.31 Å². The first-order valence-electron chi connectivity index (χ1n) is 9.49. The molecule has 28 heavy (non-hydrogen) atoms. The number of hydrogen-bond donors (Lipinski definition) is 1. The second kappa shape index (κ2) is 8.30. The van der Waals surface area contributed by atoms with Crippen LogP contribution in [-0.4, -0.2) is 67.5 Å². The van der Waals surface area contributed by atoms with Gasteiger partial charge in [0.1, 0.15) is 16.7 Å². The summed E-state index contributed by atoms with van der Waals surface area (Å²) in [6.45, 7) is 3.90. The fourth-order valence-electron chi connectivity index (χ4n) is 3.42. The molecule has 1 amide bonds. The second-order valence-corrected chi connectivity index (χ2v) is 10.6. The number of rotatable bonds is 5. The van der Waals surface area contributed by atoms with Crippen LogP contribution in [0.3, 0.4) is 0 Å². The van der Waals surface area contributed by atoms with E-state index in [1.54, 1.807) is 31.0 Å². The number of fused-ring (bicyclic) bond motifs is 1. The van der Waals surface area contributed by atoms with Crippen LogP contribution in [0.2, 0.25) is 0 Å². The number of carbonyl (C=O) groups excluding carboxylic acids is 1. The molecule has 0 bridgehead atoms. The Morgan fingerprint density at radius 1 is 1.43 bits per heavy atom. The zero-order valence-corrected chi connectivity index (χ0v) is 18.7. The quantitative estimate of drug-likeness (QED) is 0.705. The largest absolute Gasteiger partial charge is 0.487 e. The maximum Gasteiger partial charge on any atom is 0.247 e. The predicted octanol–water partition coefficient (Wildman–Crippen LogP) is 2.09. The summed E-state index contributed by atoms with van der Waals surface area (Å²) in [5, 5.41) is 9.61. The Labute approximate surface area is 174 Å². The molecular formula is C19H27BrN2O5S. The number of sulfonamides is 1. The Balaban J connectivity index is 1.97. The highest BCUT2D eigenvalue weighted by Gasteiger charge is 2.39. The SMILES string of the molecule is C[C@@H]1CN([C@@H](C)CO)S(=O)(=O)c2ccc(Br)cc2O[C@@H]1CN(C)C(=O)C1CC1. The van der Waals surface area contributed by atoms with Crippen LogP contribution >= 0.6 is 15.9 Å². The molecule has 0 saturated heterocycles. The van der Waals surface area contributed by atoms with Gasteiger partial charge in [-0.05, 0) is 38.0 Å². The van der Waals surface area contributed by atoms with Gasteiger partial charge >= 0.3 is 0 Å². The number of nitrogens with zero attached hydrogens (tertiary/aromatic N) is 2. The van der Waals surface area contributed by atoms with Crippen LogP contribution in [0.15, 0.2) is 27.6 Å². The van der Waals surface area contributed by atoms with Gasteiger partial charge in [0.25, 0.3) is 0 Å². The van der Waals surface area contributed by atoms with Crippen molar-refractivity contribution in [3.05, 3.63) is 22.7 Å². The van der Waals surface area contributed by atoms with Crippen molar-refractivity contribution in [2.75, 3.05) is 26.7 Å². The molecule has 2 aliphatic rings. The Morgan fingerprint density at radius 2 is 2.11 bits per heavy atom. The van der Waals surface area contributed by atoms with Crippen molar-refractivity contribution >= 4 is 31.9 Å². The normalized spacial score (nSPS) is 25.8. The third-order valence-electron chi connectivity index (χ3n) is 5.39. The van der Waals surface area contributed by atoms with E-state index in [-0.39, 0.29) is 47.6 Å². The highest BCUT2D eigenvalue weighted by atomic mass is 79.9. The van der Waals surface area contributed by atoms with E-state index in [1.807, 2.05) is 6.92 Å². The Hall–Kier alpha value is -1.16. The lowest BCUT2D eigenvalue weighted by Crippen LogP contribution is -2.50. The molecule has 1 N–H and O–H groups in total. The molecule has 1 aliphatic heterocycles. The van der Waals surface area contributed by atoms with Crippen molar-refractivity contribution in [2.24, 2.45) is 11.8 Å². The molecule has 1 heterocycles. The fourth-order valence-corrected chi connectivity index (χ4v) is 5.59. The second-order valence-electron chi connectivity index (χ2n) is 7.82. The minimum absolute atomic E-state index is 0.0732.